The smallest absolute Gasteiger partial charge is 0.137 e. The summed E-state index contributed by atoms with van der Waals surface area (Å²) in [4.78, 5) is 10.3. The lowest BCUT2D eigenvalue weighted by molar-refractivity contribution is -0.176. The minimum absolute atomic E-state index is 0.0727. The minimum Gasteiger partial charge on any atom is -0.290 e. The Morgan fingerprint density at radius 3 is 2.35 bits per heavy atom. The standard InChI is InChI=1S/C19H18Cl2N4O/c1-24-19(11-25-13-22-12-23-25,15-4-8-17(21)9-5-15)10-18(26-24)14-2-6-16(20)7-3-14/h2-9,12-13,18H,10-11H2,1H3/t18-,19+/m0/s1. The van der Waals surface area contributed by atoms with Gasteiger partial charge in [-0.25, -0.2) is 4.98 Å². The van der Waals surface area contributed by atoms with E-state index in [4.69, 9.17) is 28.0 Å². The number of rotatable bonds is 4. The van der Waals surface area contributed by atoms with Crippen LogP contribution in [0.5, 0.6) is 0 Å². The van der Waals surface area contributed by atoms with Crippen molar-refractivity contribution in [3.05, 3.63) is 82.4 Å². The van der Waals surface area contributed by atoms with Crippen molar-refractivity contribution in [2.24, 2.45) is 0 Å². The maximum Gasteiger partial charge on any atom is 0.137 e. The van der Waals surface area contributed by atoms with Crippen LogP contribution in [0.2, 0.25) is 10.0 Å². The molecule has 7 heteroatoms. The molecule has 1 aliphatic heterocycles. The van der Waals surface area contributed by atoms with E-state index in [1.807, 2.05) is 65.3 Å². The fraction of sp³-hybridized carbons (Fsp3) is 0.263. The van der Waals surface area contributed by atoms with Crippen LogP contribution in [0.4, 0.5) is 0 Å². The number of hydrogen-bond acceptors (Lipinski definition) is 4. The highest BCUT2D eigenvalue weighted by Crippen LogP contribution is 2.47. The predicted octanol–water partition coefficient (Wildman–Crippen LogP) is 4.49. The molecule has 1 fully saturated rings. The van der Waals surface area contributed by atoms with E-state index in [1.165, 1.54) is 0 Å². The highest BCUT2D eigenvalue weighted by atomic mass is 35.5. The second-order valence-electron chi connectivity index (χ2n) is 6.48. The van der Waals surface area contributed by atoms with E-state index in [9.17, 15) is 0 Å². The van der Waals surface area contributed by atoms with Crippen molar-refractivity contribution in [3.63, 3.8) is 0 Å². The Labute approximate surface area is 162 Å². The fourth-order valence-corrected chi connectivity index (χ4v) is 3.77. The molecular formula is C19H18Cl2N4O. The lowest BCUT2D eigenvalue weighted by atomic mass is 9.84. The molecule has 0 amide bonds. The van der Waals surface area contributed by atoms with Crippen LogP contribution in [0.1, 0.15) is 23.7 Å². The van der Waals surface area contributed by atoms with Crippen LogP contribution in [0.3, 0.4) is 0 Å². The van der Waals surface area contributed by atoms with Gasteiger partial charge in [-0.1, -0.05) is 47.5 Å². The van der Waals surface area contributed by atoms with Crippen molar-refractivity contribution >= 4 is 23.2 Å². The van der Waals surface area contributed by atoms with Crippen molar-refractivity contribution in [1.82, 2.24) is 19.8 Å². The molecule has 0 bridgehead atoms. The molecule has 1 saturated heterocycles. The highest BCUT2D eigenvalue weighted by Gasteiger charge is 2.47. The number of likely N-dealkylation sites (N-methyl/N-ethyl adjacent to an activating group) is 1. The molecule has 1 aliphatic rings. The van der Waals surface area contributed by atoms with Crippen LogP contribution >= 0.6 is 23.2 Å². The number of aromatic nitrogens is 3. The number of hydroxylamine groups is 2. The maximum atomic E-state index is 6.23. The van der Waals surface area contributed by atoms with Gasteiger partial charge in [0.05, 0.1) is 12.1 Å². The zero-order valence-electron chi connectivity index (χ0n) is 14.2. The summed E-state index contributed by atoms with van der Waals surface area (Å²) in [6.07, 6.45) is 3.96. The van der Waals surface area contributed by atoms with Crippen LogP contribution in [0.25, 0.3) is 0 Å². The van der Waals surface area contributed by atoms with E-state index < -0.39 is 0 Å². The van der Waals surface area contributed by atoms with Gasteiger partial charge in [0, 0.05) is 23.5 Å². The second kappa shape index (κ2) is 7.00. The molecule has 2 atom stereocenters. The average molecular weight is 389 g/mol. The third-order valence-corrected chi connectivity index (χ3v) is 5.43. The lowest BCUT2D eigenvalue weighted by Crippen LogP contribution is -2.41. The predicted molar refractivity (Wildman–Crippen MR) is 101 cm³/mol. The van der Waals surface area contributed by atoms with E-state index in [0.717, 1.165) is 17.5 Å². The van der Waals surface area contributed by atoms with Gasteiger partial charge >= 0.3 is 0 Å². The second-order valence-corrected chi connectivity index (χ2v) is 7.35. The van der Waals surface area contributed by atoms with Crippen LogP contribution in [-0.2, 0) is 16.9 Å². The van der Waals surface area contributed by atoms with Crippen molar-refractivity contribution in [3.8, 4) is 0 Å². The zero-order chi connectivity index (χ0) is 18.1. The molecule has 26 heavy (non-hydrogen) atoms. The third kappa shape index (κ3) is 3.23. The molecule has 5 nitrogen and oxygen atoms in total. The molecule has 134 valence electrons. The summed E-state index contributed by atoms with van der Waals surface area (Å²) in [7, 11) is 1.96. The quantitative estimate of drug-likeness (QED) is 0.660. The highest BCUT2D eigenvalue weighted by molar-refractivity contribution is 6.30. The SMILES string of the molecule is CN1O[C@H](c2ccc(Cl)cc2)C[C@@]1(Cn1cncn1)c1ccc(Cl)cc1. The first-order valence-electron chi connectivity index (χ1n) is 8.31. The van der Waals surface area contributed by atoms with Crippen molar-refractivity contribution in [1.29, 1.82) is 0 Å². The summed E-state index contributed by atoms with van der Waals surface area (Å²) in [6, 6.07) is 15.7. The van der Waals surface area contributed by atoms with Crippen LogP contribution in [0, 0.1) is 0 Å². The van der Waals surface area contributed by atoms with Gasteiger partial charge in [0.1, 0.15) is 18.8 Å². The van der Waals surface area contributed by atoms with Crippen molar-refractivity contribution in [2.45, 2.75) is 24.6 Å². The Bertz CT molecular complexity index is 868. The summed E-state index contributed by atoms with van der Waals surface area (Å²) >= 11 is 12.1. The van der Waals surface area contributed by atoms with Gasteiger partial charge in [-0.05, 0) is 35.4 Å². The molecule has 4 rings (SSSR count). The normalized spacial score (nSPS) is 23.4. The Kier molecular flexibility index (Phi) is 4.71. The number of benzene rings is 2. The Hall–Kier alpha value is -1.92. The zero-order valence-corrected chi connectivity index (χ0v) is 15.7. The van der Waals surface area contributed by atoms with Gasteiger partial charge in [0.2, 0.25) is 0 Å². The molecule has 3 aromatic rings. The maximum absolute atomic E-state index is 6.23. The summed E-state index contributed by atoms with van der Waals surface area (Å²) in [5, 5.41) is 7.64. The molecular weight excluding hydrogens is 371 g/mol. The van der Waals surface area contributed by atoms with Gasteiger partial charge in [0.15, 0.2) is 0 Å². The van der Waals surface area contributed by atoms with Gasteiger partial charge in [-0.15, -0.1) is 0 Å². The van der Waals surface area contributed by atoms with E-state index in [0.29, 0.717) is 16.6 Å². The van der Waals surface area contributed by atoms with Gasteiger partial charge < -0.3 is 0 Å². The van der Waals surface area contributed by atoms with E-state index in [2.05, 4.69) is 10.1 Å². The Morgan fingerprint density at radius 1 is 1.08 bits per heavy atom. The number of halogens is 2. The monoisotopic (exact) mass is 388 g/mol. The Morgan fingerprint density at radius 2 is 1.73 bits per heavy atom. The molecule has 0 N–H and O–H groups in total. The minimum atomic E-state index is -0.386. The Balaban J connectivity index is 1.72. The lowest BCUT2D eigenvalue weighted by Gasteiger charge is -2.34. The van der Waals surface area contributed by atoms with Crippen LogP contribution in [0.15, 0.2) is 61.2 Å². The van der Waals surface area contributed by atoms with Crippen molar-refractivity contribution < 1.29 is 4.84 Å². The molecule has 1 aromatic heterocycles. The molecule has 0 radical (unpaired) electrons. The van der Waals surface area contributed by atoms with E-state index >= 15 is 0 Å². The topological polar surface area (TPSA) is 43.2 Å². The first-order valence-corrected chi connectivity index (χ1v) is 9.07. The molecule has 0 aliphatic carbocycles. The number of hydrogen-bond donors (Lipinski definition) is 0. The fourth-order valence-electron chi connectivity index (χ4n) is 3.52. The van der Waals surface area contributed by atoms with Gasteiger partial charge in [0.25, 0.3) is 0 Å². The first-order chi connectivity index (χ1) is 12.6. The molecule has 2 aromatic carbocycles. The number of nitrogens with zero attached hydrogens (tertiary/aromatic N) is 4. The van der Waals surface area contributed by atoms with Gasteiger partial charge in [-0.2, -0.15) is 10.2 Å². The first kappa shape index (κ1) is 17.5. The van der Waals surface area contributed by atoms with Gasteiger partial charge in [-0.3, -0.25) is 9.52 Å². The molecule has 2 heterocycles. The van der Waals surface area contributed by atoms with E-state index in [1.54, 1.807) is 12.7 Å². The third-order valence-electron chi connectivity index (χ3n) is 4.92. The molecule has 0 unspecified atom stereocenters. The summed E-state index contributed by atoms with van der Waals surface area (Å²) < 4.78 is 1.83. The van der Waals surface area contributed by atoms with Crippen LogP contribution < -0.4 is 0 Å². The molecule has 0 spiro atoms. The largest absolute Gasteiger partial charge is 0.290 e. The summed E-state index contributed by atoms with van der Waals surface area (Å²) in [6.45, 7) is 0.620. The van der Waals surface area contributed by atoms with E-state index in [-0.39, 0.29) is 11.6 Å². The summed E-state index contributed by atoms with van der Waals surface area (Å²) in [5.41, 5.74) is 1.83. The summed E-state index contributed by atoms with van der Waals surface area (Å²) in [5.74, 6) is 0. The van der Waals surface area contributed by atoms with Crippen molar-refractivity contribution in [2.75, 3.05) is 7.05 Å². The average Bonchev–Trinajstić information content (AvgIpc) is 3.25. The van der Waals surface area contributed by atoms with Crippen LogP contribution in [-0.4, -0.2) is 26.9 Å². The molecule has 0 saturated carbocycles.